The molecule has 1 aliphatic heterocycles. The summed E-state index contributed by atoms with van der Waals surface area (Å²) < 4.78 is 22.6. The molecule has 0 aliphatic carbocycles. The van der Waals surface area contributed by atoms with Gasteiger partial charge in [-0.25, -0.2) is 18.4 Å². The molecule has 1 aromatic heterocycles. The fourth-order valence-electron chi connectivity index (χ4n) is 3.07. The summed E-state index contributed by atoms with van der Waals surface area (Å²) >= 11 is 0. The van der Waals surface area contributed by atoms with Gasteiger partial charge in [0.1, 0.15) is 22.0 Å². The predicted octanol–water partition coefficient (Wildman–Crippen LogP) is 1.86. The number of rotatable bonds is 5. The molecular formula is C17H24N4O2S. The van der Waals surface area contributed by atoms with Gasteiger partial charge in [0.2, 0.25) is 0 Å². The average molecular weight is 348 g/mol. The quantitative estimate of drug-likeness (QED) is 0.889. The summed E-state index contributed by atoms with van der Waals surface area (Å²) in [7, 11) is -2.89. The summed E-state index contributed by atoms with van der Waals surface area (Å²) in [5, 5.41) is 4.60. The smallest absolute Gasteiger partial charge is 0.148 e. The van der Waals surface area contributed by atoms with Crippen LogP contribution in [-0.2, 0) is 9.84 Å². The molecule has 0 amide bonds. The van der Waals surface area contributed by atoms with E-state index in [0.29, 0.717) is 12.6 Å². The fourth-order valence-corrected chi connectivity index (χ4v) is 3.66. The van der Waals surface area contributed by atoms with Crippen LogP contribution >= 0.6 is 0 Å². The zero-order chi connectivity index (χ0) is 17.2. The summed E-state index contributed by atoms with van der Waals surface area (Å²) in [4.78, 5) is 11.0. The summed E-state index contributed by atoms with van der Waals surface area (Å²) in [5.41, 5.74) is 2.14. The molecule has 2 aromatic rings. The number of nitrogens with one attached hydrogen (secondary N) is 1. The lowest BCUT2D eigenvalue weighted by atomic mass is 10.0. The van der Waals surface area contributed by atoms with E-state index in [2.05, 4.69) is 39.2 Å². The van der Waals surface area contributed by atoms with Crippen molar-refractivity contribution < 1.29 is 8.42 Å². The minimum absolute atomic E-state index is 0.237. The first-order chi connectivity index (χ1) is 11.4. The lowest BCUT2D eigenvalue weighted by Gasteiger charge is -2.32. The molecule has 1 N–H and O–H groups in total. The number of sulfone groups is 1. The highest BCUT2D eigenvalue weighted by atomic mass is 32.2. The first-order valence-electron chi connectivity index (χ1n) is 8.29. The second-order valence-electron chi connectivity index (χ2n) is 6.63. The highest BCUT2D eigenvalue weighted by Crippen LogP contribution is 2.23. The Kier molecular flexibility index (Phi) is 5.01. The van der Waals surface area contributed by atoms with Gasteiger partial charge in [-0.05, 0) is 31.9 Å². The van der Waals surface area contributed by atoms with Gasteiger partial charge in [-0.2, -0.15) is 0 Å². The number of nitrogens with zero attached hydrogens (tertiary/aromatic N) is 3. The van der Waals surface area contributed by atoms with Crippen LogP contribution in [0.3, 0.4) is 0 Å². The highest BCUT2D eigenvalue weighted by molar-refractivity contribution is 7.90. The van der Waals surface area contributed by atoms with Crippen molar-refractivity contribution in [1.29, 1.82) is 0 Å². The number of likely N-dealkylation sites (tertiary alicyclic amines) is 1. The largest absolute Gasteiger partial charge is 0.367 e. The number of anilines is 1. The van der Waals surface area contributed by atoms with Crippen molar-refractivity contribution in [2.75, 3.05) is 37.0 Å². The third-order valence-corrected chi connectivity index (χ3v) is 5.42. The van der Waals surface area contributed by atoms with Crippen molar-refractivity contribution in [2.45, 2.75) is 25.8 Å². The summed E-state index contributed by atoms with van der Waals surface area (Å²) in [5.74, 6) is 1.12. The van der Waals surface area contributed by atoms with E-state index in [0.717, 1.165) is 42.7 Å². The maximum absolute atomic E-state index is 11.3. The molecule has 130 valence electrons. The van der Waals surface area contributed by atoms with Crippen molar-refractivity contribution in [1.82, 2.24) is 14.9 Å². The molecular weight excluding hydrogens is 324 g/mol. The lowest BCUT2D eigenvalue weighted by molar-refractivity contribution is 0.230. The number of benzene rings is 1. The SMILES string of the molecule is Cc1ccc2ncnc(NC3CCN(CCS(C)(=O)=O)CC3)c2c1. The molecule has 1 aromatic carbocycles. The molecule has 7 heteroatoms. The van der Waals surface area contributed by atoms with Crippen molar-refractivity contribution in [3.63, 3.8) is 0 Å². The molecule has 1 saturated heterocycles. The summed E-state index contributed by atoms with van der Waals surface area (Å²) in [6, 6.07) is 6.54. The zero-order valence-electron chi connectivity index (χ0n) is 14.2. The van der Waals surface area contributed by atoms with Crippen LogP contribution in [0.5, 0.6) is 0 Å². The first-order valence-corrected chi connectivity index (χ1v) is 10.3. The Balaban J connectivity index is 1.61. The van der Waals surface area contributed by atoms with Crippen molar-refractivity contribution in [3.05, 3.63) is 30.1 Å². The number of piperidine rings is 1. The van der Waals surface area contributed by atoms with Crippen molar-refractivity contribution in [2.24, 2.45) is 0 Å². The molecule has 6 nitrogen and oxygen atoms in total. The molecule has 0 unspecified atom stereocenters. The Bertz CT molecular complexity index is 814. The van der Waals surface area contributed by atoms with Crippen molar-refractivity contribution >= 4 is 26.6 Å². The Morgan fingerprint density at radius 2 is 2.00 bits per heavy atom. The lowest BCUT2D eigenvalue weighted by Crippen LogP contribution is -2.41. The van der Waals surface area contributed by atoms with E-state index in [-0.39, 0.29) is 5.75 Å². The number of hydrogen-bond donors (Lipinski definition) is 1. The van der Waals surface area contributed by atoms with Crippen LogP contribution in [0, 0.1) is 6.92 Å². The van der Waals surface area contributed by atoms with Gasteiger partial charge >= 0.3 is 0 Å². The Morgan fingerprint density at radius 1 is 1.25 bits per heavy atom. The maximum Gasteiger partial charge on any atom is 0.148 e. The fraction of sp³-hybridized carbons (Fsp3) is 0.529. The van der Waals surface area contributed by atoms with Crippen LogP contribution in [0.2, 0.25) is 0 Å². The third-order valence-electron chi connectivity index (χ3n) is 4.50. The van der Waals surface area contributed by atoms with E-state index in [4.69, 9.17) is 0 Å². The van der Waals surface area contributed by atoms with E-state index in [1.54, 1.807) is 6.33 Å². The number of fused-ring (bicyclic) bond motifs is 1. The number of aromatic nitrogens is 2. The average Bonchev–Trinajstić information content (AvgIpc) is 2.54. The van der Waals surface area contributed by atoms with Gasteiger partial charge in [0.25, 0.3) is 0 Å². The van der Waals surface area contributed by atoms with Crippen LogP contribution in [0.1, 0.15) is 18.4 Å². The molecule has 0 spiro atoms. The Labute approximate surface area is 143 Å². The van der Waals surface area contributed by atoms with E-state index in [1.807, 2.05) is 6.07 Å². The van der Waals surface area contributed by atoms with Crippen LogP contribution in [-0.4, -0.2) is 61.0 Å². The molecule has 2 heterocycles. The molecule has 1 fully saturated rings. The minimum atomic E-state index is -2.89. The zero-order valence-corrected chi connectivity index (χ0v) is 15.0. The van der Waals surface area contributed by atoms with Gasteiger partial charge in [-0.3, -0.25) is 0 Å². The number of hydrogen-bond acceptors (Lipinski definition) is 6. The first kappa shape index (κ1) is 17.1. The molecule has 0 radical (unpaired) electrons. The molecule has 0 bridgehead atoms. The molecule has 1 aliphatic rings. The molecule has 0 saturated carbocycles. The van der Waals surface area contributed by atoms with Gasteiger partial charge in [-0.15, -0.1) is 0 Å². The number of aryl methyl sites for hydroxylation is 1. The Morgan fingerprint density at radius 3 is 2.71 bits per heavy atom. The van der Waals surface area contributed by atoms with E-state index in [9.17, 15) is 8.42 Å². The van der Waals surface area contributed by atoms with Crippen molar-refractivity contribution in [3.8, 4) is 0 Å². The topological polar surface area (TPSA) is 75.2 Å². The normalized spacial score (nSPS) is 17.2. The van der Waals surface area contributed by atoms with Gasteiger partial charge in [0.15, 0.2) is 0 Å². The summed E-state index contributed by atoms with van der Waals surface area (Å²) in [6.07, 6.45) is 4.87. The van der Waals surface area contributed by atoms with Crippen LogP contribution in [0.4, 0.5) is 5.82 Å². The van der Waals surface area contributed by atoms with Gasteiger partial charge in [0.05, 0.1) is 11.3 Å². The van der Waals surface area contributed by atoms with E-state index >= 15 is 0 Å². The second kappa shape index (κ2) is 7.03. The van der Waals surface area contributed by atoms with Crippen LogP contribution < -0.4 is 5.32 Å². The molecule has 24 heavy (non-hydrogen) atoms. The van der Waals surface area contributed by atoms with E-state index in [1.165, 1.54) is 11.8 Å². The third kappa shape index (κ3) is 4.42. The monoisotopic (exact) mass is 348 g/mol. The maximum atomic E-state index is 11.3. The second-order valence-corrected chi connectivity index (χ2v) is 8.89. The molecule has 0 atom stereocenters. The van der Waals surface area contributed by atoms with Gasteiger partial charge in [-0.1, -0.05) is 11.6 Å². The molecule has 3 rings (SSSR count). The van der Waals surface area contributed by atoms with Gasteiger partial charge in [0, 0.05) is 37.3 Å². The summed E-state index contributed by atoms with van der Waals surface area (Å²) in [6.45, 7) is 4.52. The van der Waals surface area contributed by atoms with Crippen LogP contribution in [0.25, 0.3) is 10.9 Å². The van der Waals surface area contributed by atoms with E-state index < -0.39 is 9.84 Å². The van der Waals surface area contributed by atoms with Crippen LogP contribution in [0.15, 0.2) is 24.5 Å². The standard InChI is InChI=1S/C17H24N4O2S/c1-13-3-4-16-15(11-13)17(19-12-18-16)20-14-5-7-21(8-6-14)9-10-24(2,22)23/h3-4,11-12,14H,5-10H2,1-2H3,(H,18,19,20). The Hall–Kier alpha value is -1.73. The minimum Gasteiger partial charge on any atom is -0.367 e. The highest BCUT2D eigenvalue weighted by Gasteiger charge is 2.20. The van der Waals surface area contributed by atoms with Gasteiger partial charge < -0.3 is 10.2 Å². The predicted molar refractivity (Wildman–Crippen MR) is 97.1 cm³/mol.